The fourth-order valence-electron chi connectivity index (χ4n) is 4.60. The first kappa shape index (κ1) is 14.8. The number of hydrogen-bond acceptors (Lipinski definition) is 2. The predicted octanol–water partition coefficient (Wildman–Crippen LogP) is 3.57. The molecule has 23 heavy (non-hydrogen) atoms. The highest BCUT2D eigenvalue weighted by Crippen LogP contribution is 2.42. The van der Waals surface area contributed by atoms with E-state index in [9.17, 15) is 4.79 Å². The second-order valence-electron chi connectivity index (χ2n) is 7.44. The van der Waals surface area contributed by atoms with Gasteiger partial charge in [-0.1, -0.05) is 6.42 Å². The molecule has 2 fully saturated rings. The van der Waals surface area contributed by atoms with Crippen molar-refractivity contribution in [2.24, 2.45) is 23.5 Å². The lowest BCUT2D eigenvalue weighted by Crippen LogP contribution is -2.48. The average molecular weight is 311 g/mol. The summed E-state index contributed by atoms with van der Waals surface area (Å²) in [6, 6.07) is 8.47. The van der Waals surface area contributed by atoms with Crippen LogP contribution in [0.15, 0.2) is 24.3 Å². The Bertz CT molecular complexity index is 721. The number of benzene rings is 1. The topological polar surface area (TPSA) is 70.9 Å². The minimum absolute atomic E-state index is 0.119. The van der Waals surface area contributed by atoms with Gasteiger partial charge in [0.1, 0.15) is 0 Å². The number of aromatic amines is 1. The van der Waals surface area contributed by atoms with Crippen molar-refractivity contribution in [3.8, 4) is 0 Å². The Balaban J connectivity index is 1.48. The zero-order valence-corrected chi connectivity index (χ0v) is 13.6. The first-order valence-electron chi connectivity index (χ1n) is 8.76. The molecule has 2 aromatic rings. The van der Waals surface area contributed by atoms with E-state index in [1.165, 1.54) is 19.3 Å². The van der Waals surface area contributed by atoms with Gasteiger partial charge in [-0.25, -0.2) is 0 Å². The number of H-pyrrole nitrogens is 1. The molecule has 1 amide bonds. The molecular weight excluding hydrogens is 286 g/mol. The van der Waals surface area contributed by atoms with E-state index in [0.29, 0.717) is 17.9 Å². The van der Waals surface area contributed by atoms with Crippen LogP contribution in [-0.2, 0) is 4.79 Å². The van der Waals surface area contributed by atoms with Gasteiger partial charge in [0.25, 0.3) is 0 Å². The molecule has 1 aromatic heterocycles. The summed E-state index contributed by atoms with van der Waals surface area (Å²) in [5, 5.41) is 4.27. The number of amides is 1. The molecule has 4 N–H and O–H groups in total. The van der Waals surface area contributed by atoms with Crippen molar-refractivity contribution in [2.45, 2.75) is 45.1 Å². The third-order valence-electron chi connectivity index (χ3n) is 5.81. The molecule has 2 atom stereocenters. The number of aryl methyl sites for hydroxylation is 1. The van der Waals surface area contributed by atoms with Crippen molar-refractivity contribution in [2.75, 3.05) is 5.32 Å². The summed E-state index contributed by atoms with van der Waals surface area (Å²) in [6.07, 6.45) is 5.57. The van der Waals surface area contributed by atoms with Gasteiger partial charge in [-0.15, -0.1) is 0 Å². The van der Waals surface area contributed by atoms with Gasteiger partial charge in [0.05, 0.1) is 0 Å². The number of aromatic nitrogens is 1. The van der Waals surface area contributed by atoms with Crippen molar-refractivity contribution < 1.29 is 4.79 Å². The van der Waals surface area contributed by atoms with Crippen LogP contribution in [0.4, 0.5) is 5.69 Å². The van der Waals surface area contributed by atoms with Gasteiger partial charge in [-0.3, -0.25) is 4.79 Å². The highest BCUT2D eigenvalue weighted by molar-refractivity contribution is 5.95. The molecule has 2 aliphatic carbocycles. The van der Waals surface area contributed by atoms with Crippen molar-refractivity contribution >= 4 is 22.5 Å². The smallest absolute Gasteiger partial charge is 0.227 e. The van der Waals surface area contributed by atoms with Gasteiger partial charge in [-0.05, 0) is 68.7 Å². The second-order valence-corrected chi connectivity index (χ2v) is 7.44. The Hall–Kier alpha value is -1.81. The molecule has 4 heteroatoms. The minimum Gasteiger partial charge on any atom is -0.359 e. The molecule has 0 spiro atoms. The number of rotatable bonds is 2. The highest BCUT2D eigenvalue weighted by atomic mass is 16.1. The summed E-state index contributed by atoms with van der Waals surface area (Å²) in [5.41, 5.74) is 9.47. The van der Waals surface area contributed by atoms with Gasteiger partial charge in [0, 0.05) is 34.2 Å². The normalized spacial score (nSPS) is 30.3. The van der Waals surface area contributed by atoms with Crippen molar-refractivity contribution in [1.29, 1.82) is 0 Å². The zero-order valence-electron chi connectivity index (χ0n) is 13.6. The van der Waals surface area contributed by atoms with Crippen LogP contribution in [0, 0.1) is 24.7 Å². The van der Waals surface area contributed by atoms with Crippen LogP contribution in [0.25, 0.3) is 10.9 Å². The number of fused-ring (bicyclic) bond motifs is 3. The molecule has 0 aliphatic heterocycles. The molecule has 4 rings (SSSR count). The molecule has 4 nitrogen and oxygen atoms in total. The Morgan fingerprint density at radius 3 is 2.70 bits per heavy atom. The fraction of sp³-hybridized carbons (Fsp3) is 0.526. The minimum atomic E-state index is 0.119. The van der Waals surface area contributed by atoms with E-state index in [2.05, 4.69) is 16.4 Å². The Kier molecular flexibility index (Phi) is 3.64. The Labute approximate surface area is 136 Å². The van der Waals surface area contributed by atoms with Crippen molar-refractivity contribution in [1.82, 2.24) is 4.98 Å². The Morgan fingerprint density at radius 2 is 1.96 bits per heavy atom. The standard InChI is InChI=1S/C19H25N3O/c1-11-7-14-10-16(5-6-17(14)21-11)22-19(23)15-8-12-3-2-4-13(9-15)18(12)20/h5-7,10,12-13,15,18,21H,2-4,8-9,20H2,1H3,(H,22,23). The zero-order chi connectivity index (χ0) is 16.0. The van der Waals surface area contributed by atoms with Gasteiger partial charge in [0.2, 0.25) is 5.91 Å². The van der Waals surface area contributed by atoms with E-state index < -0.39 is 0 Å². The molecule has 2 aliphatic rings. The summed E-state index contributed by atoms with van der Waals surface area (Å²) >= 11 is 0. The lowest BCUT2D eigenvalue weighted by Gasteiger charge is -2.43. The van der Waals surface area contributed by atoms with Crippen LogP contribution in [-0.4, -0.2) is 16.9 Å². The number of anilines is 1. The second kappa shape index (κ2) is 5.68. The molecule has 2 saturated carbocycles. The number of nitrogens with one attached hydrogen (secondary N) is 2. The maximum absolute atomic E-state index is 12.7. The molecule has 0 radical (unpaired) electrons. The third kappa shape index (κ3) is 2.76. The van der Waals surface area contributed by atoms with Crippen molar-refractivity contribution in [3.05, 3.63) is 30.0 Å². The number of carbonyl (C=O) groups is 1. The molecule has 2 bridgehead atoms. The van der Waals surface area contributed by atoms with E-state index in [-0.39, 0.29) is 11.8 Å². The summed E-state index contributed by atoms with van der Waals surface area (Å²) < 4.78 is 0. The number of hydrogen-bond donors (Lipinski definition) is 3. The van der Waals surface area contributed by atoms with Crippen LogP contribution < -0.4 is 11.1 Å². The summed E-state index contributed by atoms with van der Waals surface area (Å²) in [7, 11) is 0. The van der Waals surface area contributed by atoms with Crippen molar-refractivity contribution in [3.63, 3.8) is 0 Å². The molecule has 1 aromatic carbocycles. The van der Waals surface area contributed by atoms with Crippen LogP contribution in [0.3, 0.4) is 0 Å². The summed E-state index contributed by atoms with van der Waals surface area (Å²) in [6.45, 7) is 2.04. The van der Waals surface area contributed by atoms with E-state index in [4.69, 9.17) is 5.73 Å². The lowest BCUT2D eigenvalue weighted by molar-refractivity contribution is -0.122. The molecule has 122 valence electrons. The third-order valence-corrected chi connectivity index (χ3v) is 5.81. The summed E-state index contributed by atoms with van der Waals surface area (Å²) in [5.74, 6) is 1.36. The van der Waals surface area contributed by atoms with Crippen LogP contribution in [0.5, 0.6) is 0 Å². The van der Waals surface area contributed by atoms with E-state index in [0.717, 1.165) is 35.1 Å². The maximum atomic E-state index is 12.7. The Morgan fingerprint density at radius 1 is 1.22 bits per heavy atom. The molecule has 1 heterocycles. The van der Waals surface area contributed by atoms with Crippen LogP contribution >= 0.6 is 0 Å². The van der Waals surface area contributed by atoms with E-state index in [1.807, 2.05) is 25.1 Å². The largest absolute Gasteiger partial charge is 0.359 e. The van der Waals surface area contributed by atoms with E-state index >= 15 is 0 Å². The first-order chi connectivity index (χ1) is 11.1. The van der Waals surface area contributed by atoms with Gasteiger partial charge in [0.15, 0.2) is 0 Å². The monoisotopic (exact) mass is 311 g/mol. The van der Waals surface area contributed by atoms with Crippen LogP contribution in [0.2, 0.25) is 0 Å². The number of nitrogens with two attached hydrogens (primary N) is 1. The first-order valence-corrected chi connectivity index (χ1v) is 8.76. The van der Waals surface area contributed by atoms with Gasteiger partial charge < -0.3 is 16.0 Å². The molecular formula is C19H25N3O. The maximum Gasteiger partial charge on any atom is 0.227 e. The highest BCUT2D eigenvalue weighted by Gasteiger charge is 2.40. The SMILES string of the molecule is Cc1cc2cc(NC(=O)C3CC4CCCC(C3)C4N)ccc2[nH]1. The molecule has 2 unspecified atom stereocenters. The average Bonchev–Trinajstić information content (AvgIpc) is 2.86. The quantitative estimate of drug-likeness (QED) is 0.793. The van der Waals surface area contributed by atoms with Crippen LogP contribution in [0.1, 0.15) is 37.8 Å². The van der Waals surface area contributed by atoms with Gasteiger partial charge in [-0.2, -0.15) is 0 Å². The lowest BCUT2D eigenvalue weighted by atomic mass is 9.65. The van der Waals surface area contributed by atoms with E-state index in [1.54, 1.807) is 0 Å². The fourth-order valence-corrected chi connectivity index (χ4v) is 4.60. The summed E-state index contributed by atoms with van der Waals surface area (Å²) in [4.78, 5) is 16.0. The molecule has 0 saturated heterocycles. The predicted molar refractivity (Wildman–Crippen MR) is 93.2 cm³/mol. The van der Waals surface area contributed by atoms with Gasteiger partial charge >= 0.3 is 0 Å². The number of carbonyl (C=O) groups excluding carboxylic acids is 1.